The lowest BCUT2D eigenvalue weighted by Gasteiger charge is -2.45. The van der Waals surface area contributed by atoms with Crippen LogP contribution >= 0.6 is 0 Å². The van der Waals surface area contributed by atoms with Crippen molar-refractivity contribution in [2.75, 3.05) is 11.5 Å². The molecular formula is C31H29NO4. The normalized spacial score (nSPS) is 23.3. The zero-order valence-corrected chi connectivity index (χ0v) is 20.4. The van der Waals surface area contributed by atoms with E-state index in [0.717, 1.165) is 47.9 Å². The van der Waals surface area contributed by atoms with Crippen molar-refractivity contribution in [2.24, 2.45) is 11.8 Å². The van der Waals surface area contributed by atoms with Crippen LogP contribution in [0.2, 0.25) is 0 Å². The lowest BCUT2D eigenvalue weighted by Crippen LogP contribution is -2.41. The van der Waals surface area contributed by atoms with E-state index in [1.807, 2.05) is 24.3 Å². The first-order chi connectivity index (χ1) is 17.6. The number of imide groups is 1. The molecule has 3 aromatic rings. The molecule has 182 valence electrons. The number of anilines is 1. The van der Waals surface area contributed by atoms with Gasteiger partial charge >= 0.3 is 5.97 Å². The van der Waals surface area contributed by atoms with Crippen LogP contribution in [0.15, 0.2) is 72.8 Å². The fraction of sp³-hybridized carbons (Fsp3) is 0.323. The molecule has 5 heteroatoms. The number of rotatable bonds is 7. The second-order valence-corrected chi connectivity index (χ2v) is 10.0. The fourth-order valence-electron chi connectivity index (χ4n) is 6.48. The predicted molar refractivity (Wildman–Crippen MR) is 137 cm³/mol. The van der Waals surface area contributed by atoms with Gasteiger partial charge in [-0.15, -0.1) is 0 Å². The summed E-state index contributed by atoms with van der Waals surface area (Å²) >= 11 is 0. The number of esters is 1. The third kappa shape index (κ3) is 3.41. The molecule has 0 saturated carbocycles. The van der Waals surface area contributed by atoms with Gasteiger partial charge in [0.1, 0.15) is 0 Å². The van der Waals surface area contributed by atoms with Crippen molar-refractivity contribution in [1.82, 2.24) is 0 Å². The first-order valence-corrected chi connectivity index (χ1v) is 12.9. The van der Waals surface area contributed by atoms with Crippen LogP contribution in [-0.2, 0) is 14.3 Å². The molecule has 2 amide bonds. The molecule has 1 aliphatic heterocycles. The number of hydrogen-bond acceptors (Lipinski definition) is 4. The highest BCUT2D eigenvalue weighted by Crippen LogP contribution is 2.61. The number of ether oxygens (including phenoxy) is 1. The largest absolute Gasteiger partial charge is 0.462 e. The molecule has 0 unspecified atom stereocenters. The fourth-order valence-corrected chi connectivity index (χ4v) is 6.48. The van der Waals surface area contributed by atoms with Crippen molar-refractivity contribution in [1.29, 1.82) is 0 Å². The Hall–Kier alpha value is -3.73. The summed E-state index contributed by atoms with van der Waals surface area (Å²) in [6, 6.07) is 23.1. The van der Waals surface area contributed by atoms with E-state index < -0.39 is 17.8 Å². The van der Waals surface area contributed by atoms with Crippen molar-refractivity contribution >= 4 is 23.5 Å². The number of benzene rings is 3. The molecule has 1 fully saturated rings. The Morgan fingerprint density at radius 3 is 1.83 bits per heavy atom. The molecule has 3 aromatic carbocycles. The summed E-state index contributed by atoms with van der Waals surface area (Å²) in [4.78, 5) is 41.8. The van der Waals surface area contributed by atoms with E-state index in [9.17, 15) is 14.4 Å². The quantitative estimate of drug-likeness (QED) is 0.243. The van der Waals surface area contributed by atoms with Crippen molar-refractivity contribution in [3.63, 3.8) is 0 Å². The average molecular weight is 480 g/mol. The topological polar surface area (TPSA) is 63.7 Å². The number of nitrogens with zero attached hydrogens (tertiary/aromatic N) is 1. The van der Waals surface area contributed by atoms with Crippen LogP contribution in [0, 0.1) is 11.8 Å². The van der Waals surface area contributed by atoms with Crippen molar-refractivity contribution in [2.45, 2.75) is 44.4 Å². The molecule has 7 rings (SSSR count). The lowest BCUT2D eigenvalue weighted by atomic mass is 9.55. The predicted octanol–water partition coefficient (Wildman–Crippen LogP) is 5.82. The van der Waals surface area contributed by atoms with E-state index in [1.165, 1.54) is 4.90 Å². The average Bonchev–Trinajstić information content (AvgIpc) is 3.18. The van der Waals surface area contributed by atoms with Crippen molar-refractivity contribution in [3.05, 3.63) is 101 Å². The van der Waals surface area contributed by atoms with Crippen molar-refractivity contribution in [3.8, 4) is 0 Å². The van der Waals surface area contributed by atoms with Gasteiger partial charge in [0, 0.05) is 11.8 Å². The van der Waals surface area contributed by atoms with E-state index in [-0.39, 0.29) is 23.7 Å². The molecule has 1 heterocycles. The van der Waals surface area contributed by atoms with Crippen molar-refractivity contribution < 1.29 is 19.1 Å². The van der Waals surface area contributed by atoms with Crippen LogP contribution in [0.25, 0.3) is 0 Å². The molecule has 2 bridgehead atoms. The monoisotopic (exact) mass is 479 g/mol. The SMILES string of the molecule is CCCCCCOC(=O)c1cccc(N2C(=O)[C@@H]3C4c5ccccc5C(c5ccccc54)[C@H]3C2=O)c1. The molecule has 0 radical (unpaired) electrons. The van der Waals surface area contributed by atoms with Gasteiger partial charge in [-0.3, -0.25) is 9.59 Å². The van der Waals surface area contributed by atoms with Crippen LogP contribution in [0.3, 0.4) is 0 Å². The summed E-state index contributed by atoms with van der Waals surface area (Å²) in [6.07, 6.45) is 4.09. The molecule has 5 nitrogen and oxygen atoms in total. The van der Waals surface area contributed by atoms with Gasteiger partial charge < -0.3 is 4.74 Å². The molecule has 0 spiro atoms. The van der Waals surface area contributed by atoms with Gasteiger partial charge in [-0.1, -0.05) is 80.8 Å². The summed E-state index contributed by atoms with van der Waals surface area (Å²) in [5, 5.41) is 0. The van der Waals surface area contributed by atoms with E-state index in [2.05, 4.69) is 31.2 Å². The van der Waals surface area contributed by atoms with Gasteiger partial charge in [0.2, 0.25) is 11.8 Å². The summed E-state index contributed by atoms with van der Waals surface area (Å²) < 4.78 is 5.44. The Morgan fingerprint density at radius 2 is 1.31 bits per heavy atom. The molecule has 1 saturated heterocycles. The zero-order valence-electron chi connectivity index (χ0n) is 20.4. The summed E-state index contributed by atoms with van der Waals surface area (Å²) in [6.45, 7) is 2.51. The molecule has 4 aliphatic rings. The van der Waals surface area contributed by atoms with Gasteiger partial charge in [0.05, 0.1) is 29.7 Å². The first-order valence-electron chi connectivity index (χ1n) is 12.9. The summed E-state index contributed by atoms with van der Waals surface area (Å²) in [5.41, 5.74) is 5.37. The minimum absolute atomic E-state index is 0.148. The zero-order chi connectivity index (χ0) is 24.8. The molecule has 3 aliphatic carbocycles. The van der Waals surface area contributed by atoms with Gasteiger partial charge in [0.15, 0.2) is 0 Å². The van der Waals surface area contributed by atoms with Crippen LogP contribution in [0.5, 0.6) is 0 Å². The third-order valence-corrected chi connectivity index (χ3v) is 8.02. The first kappa shape index (κ1) is 22.7. The Morgan fingerprint density at radius 1 is 0.750 bits per heavy atom. The highest BCUT2D eigenvalue weighted by molar-refractivity contribution is 6.23. The lowest BCUT2D eigenvalue weighted by molar-refractivity contribution is -0.122. The number of carbonyl (C=O) groups is 3. The smallest absolute Gasteiger partial charge is 0.338 e. The Balaban J connectivity index is 1.32. The van der Waals surface area contributed by atoms with Crippen LogP contribution in [-0.4, -0.2) is 24.4 Å². The van der Waals surface area contributed by atoms with Gasteiger partial charge in [-0.25, -0.2) is 9.69 Å². The maximum atomic E-state index is 13.9. The van der Waals surface area contributed by atoms with Crippen LogP contribution in [0.1, 0.15) is 77.1 Å². The maximum Gasteiger partial charge on any atom is 0.338 e. The van der Waals surface area contributed by atoms with E-state index in [4.69, 9.17) is 4.74 Å². The van der Waals surface area contributed by atoms with E-state index in [1.54, 1.807) is 24.3 Å². The Labute approximate surface area is 211 Å². The standard InChI is InChI=1S/C31H29NO4/c1-2-3-4-9-17-36-31(35)19-11-10-12-20(18-19)32-29(33)27-25-21-13-5-6-14-22(21)26(28(27)30(32)34)24-16-8-7-15-23(24)25/h5-8,10-16,18,25-28H,2-4,9,17H2,1H3/t25?,26?,27-,28-/m1/s1. The van der Waals surface area contributed by atoms with Crippen LogP contribution < -0.4 is 4.90 Å². The Kier molecular flexibility index (Phi) is 5.71. The number of carbonyl (C=O) groups excluding carboxylic acids is 3. The number of unbranched alkanes of at least 4 members (excludes halogenated alkanes) is 3. The molecular weight excluding hydrogens is 450 g/mol. The van der Waals surface area contributed by atoms with Crippen LogP contribution in [0.4, 0.5) is 5.69 Å². The second kappa shape index (κ2) is 9.05. The summed E-state index contributed by atoms with van der Waals surface area (Å²) in [7, 11) is 0. The maximum absolute atomic E-state index is 13.9. The van der Waals surface area contributed by atoms with Gasteiger partial charge in [0.25, 0.3) is 0 Å². The van der Waals surface area contributed by atoms with E-state index in [0.29, 0.717) is 17.9 Å². The van der Waals surface area contributed by atoms with Gasteiger partial charge in [-0.2, -0.15) is 0 Å². The number of amides is 2. The summed E-state index contributed by atoms with van der Waals surface area (Å²) in [5.74, 6) is -1.98. The molecule has 0 N–H and O–H groups in total. The highest BCUT2D eigenvalue weighted by Gasteiger charge is 2.61. The second-order valence-electron chi connectivity index (χ2n) is 10.0. The minimum atomic E-state index is -0.443. The third-order valence-electron chi connectivity index (χ3n) is 8.02. The minimum Gasteiger partial charge on any atom is -0.462 e. The van der Waals surface area contributed by atoms with Gasteiger partial charge in [-0.05, 0) is 46.9 Å². The molecule has 2 atom stereocenters. The molecule has 0 aromatic heterocycles. The Bertz CT molecular complexity index is 1250. The number of hydrogen-bond donors (Lipinski definition) is 0. The van der Waals surface area contributed by atoms with E-state index >= 15 is 0 Å². The highest BCUT2D eigenvalue weighted by atomic mass is 16.5. The molecule has 36 heavy (non-hydrogen) atoms.